The molecule has 1 fully saturated rings. The molecule has 19 heavy (non-hydrogen) atoms. The molecule has 1 rings (SSSR count). The number of urea groups is 1. The quantitative estimate of drug-likeness (QED) is 0.778. The predicted octanol–water partition coefficient (Wildman–Crippen LogP) is 2.32. The summed E-state index contributed by atoms with van der Waals surface area (Å²) >= 11 is 0. The lowest BCUT2D eigenvalue weighted by atomic mass is 9.86. The van der Waals surface area contributed by atoms with Crippen molar-refractivity contribution in [3.63, 3.8) is 0 Å². The van der Waals surface area contributed by atoms with Gasteiger partial charge >= 0.3 is 12.0 Å². The zero-order valence-electron chi connectivity index (χ0n) is 12.4. The van der Waals surface area contributed by atoms with Crippen LogP contribution in [0.2, 0.25) is 0 Å². The van der Waals surface area contributed by atoms with E-state index >= 15 is 0 Å². The van der Waals surface area contributed by atoms with E-state index in [-0.39, 0.29) is 23.4 Å². The highest BCUT2D eigenvalue weighted by atomic mass is 16.4. The molecule has 110 valence electrons. The largest absolute Gasteiger partial charge is 0.481 e. The second kappa shape index (κ2) is 6.26. The maximum atomic E-state index is 12.1. The third kappa shape index (κ3) is 3.39. The van der Waals surface area contributed by atoms with Crippen LogP contribution in [0.1, 0.15) is 47.0 Å². The Morgan fingerprint density at radius 3 is 2.11 bits per heavy atom. The molecule has 5 nitrogen and oxygen atoms in total. The molecule has 0 aromatic heterocycles. The molecule has 1 heterocycles. The molecule has 0 aromatic rings. The van der Waals surface area contributed by atoms with Gasteiger partial charge in [-0.1, -0.05) is 27.7 Å². The summed E-state index contributed by atoms with van der Waals surface area (Å²) in [6.07, 6.45) is 2.73. The van der Waals surface area contributed by atoms with Crippen LogP contribution in [0.3, 0.4) is 0 Å². The van der Waals surface area contributed by atoms with E-state index in [2.05, 4.69) is 26.1 Å². The van der Waals surface area contributed by atoms with Crippen molar-refractivity contribution < 1.29 is 14.7 Å². The first-order chi connectivity index (χ1) is 8.89. The van der Waals surface area contributed by atoms with E-state index in [0.29, 0.717) is 13.1 Å². The van der Waals surface area contributed by atoms with E-state index in [4.69, 9.17) is 5.11 Å². The predicted molar refractivity (Wildman–Crippen MR) is 74.0 cm³/mol. The highest BCUT2D eigenvalue weighted by Crippen LogP contribution is 2.26. The Bertz CT molecular complexity index is 325. The van der Waals surface area contributed by atoms with Crippen molar-refractivity contribution in [1.29, 1.82) is 0 Å². The fourth-order valence-electron chi connectivity index (χ4n) is 2.52. The van der Waals surface area contributed by atoms with Crippen molar-refractivity contribution in [2.24, 2.45) is 11.8 Å². The number of nitrogens with one attached hydrogen (secondary N) is 1. The van der Waals surface area contributed by atoms with Crippen LogP contribution in [0, 0.1) is 11.8 Å². The van der Waals surface area contributed by atoms with E-state index in [1.807, 2.05) is 0 Å². The van der Waals surface area contributed by atoms with Gasteiger partial charge in [0.05, 0.1) is 5.92 Å². The van der Waals surface area contributed by atoms with Crippen LogP contribution in [0.5, 0.6) is 0 Å². The molecule has 1 saturated heterocycles. The number of carbonyl (C=O) groups is 2. The molecular weight excluding hydrogens is 244 g/mol. The van der Waals surface area contributed by atoms with Crippen molar-refractivity contribution in [3.8, 4) is 0 Å². The average molecular weight is 270 g/mol. The Morgan fingerprint density at radius 2 is 1.74 bits per heavy atom. The van der Waals surface area contributed by atoms with E-state index in [1.54, 1.807) is 11.8 Å². The first-order valence-corrected chi connectivity index (χ1v) is 7.19. The van der Waals surface area contributed by atoms with Gasteiger partial charge in [-0.25, -0.2) is 4.79 Å². The molecular formula is C14H26N2O3. The zero-order valence-corrected chi connectivity index (χ0v) is 12.4. The van der Waals surface area contributed by atoms with Gasteiger partial charge < -0.3 is 15.3 Å². The number of hydrogen-bond donors (Lipinski definition) is 2. The smallest absolute Gasteiger partial charge is 0.317 e. The number of carboxylic acid groups (broad SMARTS) is 1. The van der Waals surface area contributed by atoms with E-state index in [1.165, 1.54) is 0 Å². The van der Waals surface area contributed by atoms with E-state index in [0.717, 1.165) is 19.3 Å². The minimum Gasteiger partial charge on any atom is -0.481 e. The molecule has 0 spiro atoms. The third-order valence-electron chi connectivity index (χ3n) is 4.70. The maximum Gasteiger partial charge on any atom is 0.317 e. The number of nitrogens with zero attached hydrogens (tertiary/aromatic N) is 1. The SMILES string of the molecule is CCC(CC)(CC)NC(=O)N1CC(C(C)C(=O)O)C1. The van der Waals surface area contributed by atoms with Crippen LogP contribution >= 0.6 is 0 Å². The van der Waals surface area contributed by atoms with Gasteiger partial charge in [-0.2, -0.15) is 0 Å². The van der Waals surface area contributed by atoms with Gasteiger partial charge in [0.1, 0.15) is 0 Å². The Labute approximate surface area is 115 Å². The summed E-state index contributed by atoms with van der Waals surface area (Å²) in [4.78, 5) is 24.7. The number of hydrogen-bond acceptors (Lipinski definition) is 2. The van der Waals surface area contributed by atoms with Crippen LogP contribution < -0.4 is 5.32 Å². The standard InChI is InChI=1S/C14H26N2O3/c1-5-14(6-2,7-3)15-13(19)16-8-11(9-16)10(4)12(17)18/h10-11H,5-9H2,1-4H3,(H,15,19)(H,17,18). The number of carbonyl (C=O) groups excluding carboxylic acids is 1. The van der Waals surface area contributed by atoms with E-state index in [9.17, 15) is 9.59 Å². The lowest BCUT2D eigenvalue weighted by molar-refractivity contribution is -0.144. The summed E-state index contributed by atoms with van der Waals surface area (Å²) in [5.41, 5.74) is -0.124. The zero-order chi connectivity index (χ0) is 14.6. The van der Waals surface area contributed by atoms with Crippen molar-refractivity contribution in [2.75, 3.05) is 13.1 Å². The molecule has 2 amide bonds. The van der Waals surface area contributed by atoms with Gasteiger partial charge in [0.25, 0.3) is 0 Å². The Kier molecular flexibility index (Phi) is 5.20. The Hall–Kier alpha value is -1.26. The molecule has 2 N–H and O–H groups in total. The highest BCUT2D eigenvalue weighted by Gasteiger charge is 2.39. The van der Waals surface area contributed by atoms with Crippen LogP contribution in [0.15, 0.2) is 0 Å². The summed E-state index contributed by atoms with van der Waals surface area (Å²) in [6, 6.07) is -0.0561. The summed E-state index contributed by atoms with van der Waals surface area (Å²) in [5.74, 6) is -1.07. The number of amides is 2. The molecule has 1 atom stereocenters. The summed E-state index contributed by atoms with van der Waals surface area (Å²) in [6.45, 7) is 9.05. The summed E-state index contributed by atoms with van der Waals surface area (Å²) < 4.78 is 0. The molecule has 1 aliphatic heterocycles. The number of likely N-dealkylation sites (tertiary alicyclic amines) is 1. The minimum absolute atomic E-state index is 0.0561. The molecule has 1 unspecified atom stereocenters. The number of aliphatic carboxylic acids is 1. The van der Waals surface area contributed by atoms with Gasteiger partial charge in [-0.15, -0.1) is 0 Å². The fraction of sp³-hybridized carbons (Fsp3) is 0.857. The molecule has 0 saturated carbocycles. The van der Waals surface area contributed by atoms with Crippen LogP contribution in [-0.4, -0.2) is 40.6 Å². The first kappa shape index (κ1) is 15.8. The third-order valence-corrected chi connectivity index (χ3v) is 4.70. The van der Waals surface area contributed by atoms with Crippen molar-refractivity contribution in [2.45, 2.75) is 52.5 Å². The van der Waals surface area contributed by atoms with Gasteiger partial charge in [-0.05, 0) is 19.3 Å². The monoisotopic (exact) mass is 270 g/mol. The van der Waals surface area contributed by atoms with Gasteiger partial charge in [-0.3, -0.25) is 4.79 Å². The molecule has 0 bridgehead atoms. The highest BCUT2D eigenvalue weighted by molar-refractivity contribution is 5.77. The van der Waals surface area contributed by atoms with Gasteiger partial charge in [0.15, 0.2) is 0 Å². The molecule has 0 radical (unpaired) electrons. The second-order valence-electron chi connectivity index (χ2n) is 5.56. The van der Waals surface area contributed by atoms with Crippen LogP contribution in [0.4, 0.5) is 4.79 Å². The number of rotatable bonds is 6. The van der Waals surface area contributed by atoms with Crippen molar-refractivity contribution in [3.05, 3.63) is 0 Å². The Morgan fingerprint density at radius 1 is 1.26 bits per heavy atom. The molecule has 5 heteroatoms. The fourth-order valence-corrected chi connectivity index (χ4v) is 2.52. The molecule has 0 aliphatic carbocycles. The van der Waals surface area contributed by atoms with Crippen LogP contribution in [0.25, 0.3) is 0 Å². The van der Waals surface area contributed by atoms with Crippen molar-refractivity contribution in [1.82, 2.24) is 10.2 Å². The summed E-state index contributed by atoms with van der Waals surface area (Å²) in [5, 5.41) is 12.0. The molecule has 1 aliphatic rings. The second-order valence-corrected chi connectivity index (χ2v) is 5.56. The minimum atomic E-state index is -0.782. The normalized spacial score (nSPS) is 17.8. The topological polar surface area (TPSA) is 69.6 Å². The van der Waals surface area contributed by atoms with E-state index < -0.39 is 5.97 Å². The summed E-state index contributed by atoms with van der Waals surface area (Å²) in [7, 11) is 0. The number of carboxylic acids is 1. The van der Waals surface area contributed by atoms with Gasteiger partial charge in [0.2, 0.25) is 0 Å². The lowest BCUT2D eigenvalue weighted by Gasteiger charge is -2.43. The molecule has 0 aromatic carbocycles. The first-order valence-electron chi connectivity index (χ1n) is 7.19. The van der Waals surface area contributed by atoms with Crippen LogP contribution in [-0.2, 0) is 4.79 Å². The lowest BCUT2D eigenvalue weighted by Crippen LogP contribution is -2.60. The van der Waals surface area contributed by atoms with Gasteiger partial charge in [0, 0.05) is 24.5 Å². The van der Waals surface area contributed by atoms with Crippen molar-refractivity contribution >= 4 is 12.0 Å². The maximum absolute atomic E-state index is 12.1. The Balaban J connectivity index is 2.48. The average Bonchev–Trinajstić information content (AvgIpc) is 2.34.